The molecule has 386 valence electrons. The highest BCUT2D eigenvalue weighted by molar-refractivity contribution is 8.00. The standard InChI is InChI=1S/C43H69N5O18S2/c1-24(51)28(48-40(60)29(44-2)7-4-15-46-35(56)23-68-21-26(52)19-49)6-3-14-45-34(55)22-67-17-5-8-33(54)47-16-13-25-9-11-27(12-10-25)63-43-38(59)39(37(58)32(20-50)65-43)66-42-36(57)30(53)18-31(64-42)41(61)62/h9-12,26,28-32,36-39,42-44,49-50,52-53,57-59H,3-8,13-23H2,1-2H3,(H,45,55)(H,46,56)(H,47,54)(H,48,60)(H,61,62). The number of carbonyl (C=O) groups is 6. The highest BCUT2D eigenvalue weighted by Gasteiger charge is 2.50. The number of ketones is 1. The number of hydrogen-bond donors (Lipinski definition) is 13. The Bertz CT molecular complexity index is 1720. The van der Waals surface area contributed by atoms with Crippen molar-refractivity contribution < 1.29 is 88.6 Å². The van der Waals surface area contributed by atoms with Crippen molar-refractivity contribution in [1.29, 1.82) is 0 Å². The maximum Gasteiger partial charge on any atom is 0.333 e. The summed E-state index contributed by atoms with van der Waals surface area (Å²) in [5, 5.41) is 93.6. The average Bonchev–Trinajstić information content (AvgIpc) is 3.30. The summed E-state index contributed by atoms with van der Waals surface area (Å²) in [6.07, 6.45) is -12.5. The molecule has 2 saturated heterocycles. The van der Waals surface area contributed by atoms with Crippen LogP contribution in [0, 0.1) is 0 Å². The highest BCUT2D eigenvalue weighted by Crippen LogP contribution is 2.30. The fraction of sp³-hybridized carbons (Fsp3) is 0.721. The van der Waals surface area contributed by atoms with Crippen molar-refractivity contribution in [3.05, 3.63) is 29.8 Å². The number of ether oxygens (including phenoxy) is 4. The number of nitrogens with one attached hydrogen (secondary N) is 5. The molecule has 0 aliphatic carbocycles. The van der Waals surface area contributed by atoms with Gasteiger partial charge >= 0.3 is 5.97 Å². The Kier molecular flexibility index (Phi) is 27.2. The van der Waals surface area contributed by atoms with Crippen molar-refractivity contribution in [3.63, 3.8) is 0 Å². The van der Waals surface area contributed by atoms with Crippen LogP contribution < -0.4 is 31.3 Å². The van der Waals surface area contributed by atoms with E-state index in [0.717, 1.165) is 5.56 Å². The predicted molar refractivity (Wildman–Crippen MR) is 246 cm³/mol. The monoisotopic (exact) mass is 1010 g/mol. The van der Waals surface area contributed by atoms with E-state index in [1.807, 2.05) is 0 Å². The van der Waals surface area contributed by atoms with Crippen molar-refractivity contribution in [2.45, 2.75) is 132 Å². The largest absolute Gasteiger partial charge is 0.479 e. The maximum atomic E-state index is 12.9. The van der Waals surface area contributed by atoms with Crippen LogP contribution in [0.25, 0.3) is 0 Å². The molecule has 13 N–H and O–H groups in total. The molecule has 12 atom stereocenters. The van der Waals surface area contributed by atoms with Gasteiger partial charge in [-0.2, -0.15) is 11.8 Å². The van der Waals surface area contributed by atoms with Gasteiger partial charge in [0.1, 0.15) is 36.3 Å². The molecule has 0 aromatic heterocycles. The molecule has 4 amide bonds. The molecule has 68 heavy (non-hydrogen) atoms. The van der Waals surface area contributed by atoms with Gasteiger partial charge in [-0.15, -0.1) is 11.8 Å². The van der Waals surface area contributed by atoms with Gasteiger partial charge in [0, 0.05) is 38.2 Å². The van der Waals surface area contributed by atoms with E-state index in [9.17, 15) is 64.5 Å². The number of benzene rings is 1. The van der Waals surface area contributed by atoms with Gasteiger partial charge in [-0.25, -0.2) is 4.79 Å². The molecule has 2 aliphatic rings. The molecule has 0 radical (unpaired) electrons. The summed E-state index contributed by atoms with van der Waals surface area (Å²) >= 11 is 2.58. The van der Waals surface area contributed by atoms with E-state index in [0.29, 0.717) is 63.9 Å². The van der Waals surface area contributed by atoms with Gasteiger partial charge in [0.25, 0.3) is 0 Å². The topological polar surface area (TPSA) is 361 Å². The Balaban J connectivity index is 1.27. The van der Waals surface area contributed by atoms with Crippen molar-refractivity contribution in [3.8, 4) is 5.75 Å². The number of aliphatic hydroxyl groups excluding tert-OH is 7. The van der Waals surface area contributed by atoms with E-state index in [1.165, 1.54) is 30.4 Å². The van der Waals surface area contributed by atoms with Gasteiger partial charge in [0.05, 0.1) is 49.0 Å². The molecule has 12 unspecified atom stereocenters. The average molecular weight is 1010 g/mol. The zero-order valence-electron chi connectivity index (χ0n) is 38.2. The first-order chi connectivity index (χ1) is 32.5. The van der Waals surface area contributed by atoms with Crippen LogP contribution in [0.1, 0.15) is 57.4 Å². The second kappa shape index (κ2) is 31.5. The second-order valence-electron chi connectivity index (χ2n) is 16.3. The quantitative estimate of drug-likeness (QED) is 0.0312. The zero-order valence-corrected chi connectivity index (χ0v) is 39.9. The van der Waals surface area contributed by atoms with E-state index >= 15 is 0 Å². The lowest BCUT2D eigenvalue weighted by Crippen LogP contribution is -2.63. The van der Waals surface area contributed by atoms with E-state index in [-0.39, 0.29) is 65.4 Å². The number of aliphatic hydroxyl groups is 7. The normalized spacial score (nSPS) is 25.0. The first-order valence-electron chi connectivity index (χ1n) is 22.5. The number of Topliss-reactive ketones (excluding diaryl/α,β-unsaturated/α-hetero) is 1. The molecule has 23 nitrogen and oxygen atoms in total. The third-order valence-electron chi connectivity index (χ3n) is 10.9. The summed E-state index contributed by atoms with van der Waals surface area (Å²) < 4.78 is 22.1. The van der Waals surface area contributed by atoms with Gasteiger partial charge in [-0.05, 0) is 75.9 Å². The summed E-state index contributed by atoms with van der Waals surface area (Å²) in [6, 6.07) is 5.29. The van der Waals surface area contributed by atoms with Crippen LogP contribution in [-0.4, -0.2) is 213 Å². The minimum atomic E-state index is -1.74. The number of hydrogen-bond acceptors (Lipinski definition) is 20. The van der Waals surface area contributed by atoms with Gasteiger partial charge in [0.2, 0.25) is 29.9 Å². The van der Waals surface area contributed by atoms with Crippen molar-refractivity contribution >= 4 is 58.9 Å². The Morgan fingerprint density at radius 1 is 0.794 bits per heavy atom. The zero-order chi connectivity index (χ0) is 50.2. The molecule has 3 rings (SSSR count). The fourth-order valence-corrected chi connectivity index (χ4v) is 8.51. The summed E-state index contributed by atoms with van der Waals surface area (Å²) in [6.45, 7) is 1.30. The van der Waals surface area contributed by atoms with Crippen LogP contribution in [0.5, 0.6) is 5.75 Å². The summed E-state index contributed by atoms with van der Waals surface area (Å²) in [4.78, 5) is 73.3. The third kappa shape index (κ3) is 20.7. The number of thioether (sulfide) groups is 2. The number of carboxylic acids is 1. The van der Waals surface area contributed by atoms with E-state index in [1.54, 1.807) is 31.3 Å². The molecule has 2 heterocycles. The molecular weight excluding hydrogens is 939 g/mol. The number of amides is 4. The number of carboxylic acid groups (broad SMARTS) is 1. The lowest BCUT2D eigenvalue weighted by molar-refractivity contribution is -0.338. The van der Waals surface area contributed by atoms with Crippen LogP contribution >= 0.6 is 23.5 Å². The molecule has 0 bridgehead atoms. The van der Waals surface area contributed by atoms with Crippen LogP contribution in [-0.2, 0) is 49.4 Å². The van der Waals surface area contributed by atoms with E-state index in [4.69, 9.17) is 24.1 Å². The van der Waals surface area contributed by atoms with Crippen molar-refractivity contribution in [2.75, 3.05) is 62.9 Å². The molecular formula is C43H69N5O18S2. The van der Waals surface area contributed by atoms with Crippen molar-refractivity contribution in [1.82, 2.24) is 26.6 Å². The Labute approximate surface area is 403 Å². The molecule has 25 heteroatoms. The molecule has 2 aliphatic heterocycles. The molecule has 1 aromatic rings. The van der Waals surface area contributed by atoms with E-state index < -0.39 is 92.5 Å². The number of rotatable bonds is 32. The summed E-state index contributed by atoms with van der Waals surface area (Å²) in [5.74, 6) is -1.17. The Hall–Kier alpha value is -3.70. The predicted octanol–water partition coefficient (Wildman–Crippen LogP) is -3.48. The van der Waals surface area contributed by atoms with Crippen LogP contribution in [0.3, 0.4) is 0 Å². The SMILES string of the molecule is CNC(CCCNC(=O)CSCC(O)CO)C(=O)NC(CCCNC(=O)CSCCCC(=O)NCCc1ccc(OC2OC(CO)C(O)C(OC3OC(C(=O)O)CC(O)C3O)C2O)cc1)C(C)=O. The second-order valence-corrected chi connectivity index (χ2v) is 18.4. The fourth-order valence-electron chi connectivity index (χ4n) is 6.95. The van der Waals surface area contributed by atoms with Gasteiger partial charge < -0.3 is 86.4 Å². The molecule has 2 fully saturated rings. The van der Waals surface area contributed by atoms with Crippen molar-refractivity contribution in [2.24, 2.45) is 0 Å². The number of likely N-dealkylation sites (N-methyl/N-ethyl adjacent to an activating group) is 1. The smallest absolute Gasteiger partial charge is 0.333 e. The molecule has 1 aromatic carbocycles. The minimum absolute atomic E-state index is 0.137. The molecule has 0 spiro atoms. The Morgan fingerprint density at radius 2 is 1.43 bits per heavy atom. The highest BCUT2D eigenvalue weighted by atomic mass is 32.2. The first kappa shape index (κ1) is 58.6. The van der Waals surface area contributed by atoms with Crippen LogP contribution in [0.15, 0.2) is 24.3 Å². The number of aliphatic carboxylic acids is 1. The molecule has 0 saturated carbocycles. The minimum Gasteiger partial charge on any atom is -0.479 e. The van der Waals surface area contributed by atoms with Gasteiger partial charge in [0.15, 0.2) is 18.2 Å². The van der Waals surface area contributed by atoms with Crippen LogP contribution in [0.2, 0.25) is 0 Å². The van der Waals surface area contributed by atoms with Crippen LogP contribution in [0.4, 0.5) is 0 Å². The van der Waals surface area contributed by atoms with E-state index in [2.05, 4.69) is 26.6 Å². The lowest BCUT2D eigenvalue weighted by Gasteiger charge is -2.44. The lowest BCUT2D eigenvalue weighted by atomic mass is 9.98. The first-order valence-corrected chi connectivity index (χ1v) is 24.8. The Morgan fingerprint density at radius 3 is 2.03 bits per heavy atom. The van der Waals surface area contributed by atoms with Gasteiger partial charge in [-0.1, -0.05) is 12.1 Å². The third-order valence-corrected chi connectivity index (χ3v) is 13.0. The maximum absolute atomic E-state index is 12.9. The number of carbonyl (C=O) groups excluding carboxylic acids is 5. The summed E-state index contributed by atoms with van der Waals surface area (Å²) in [7, 11) is 1.63. The van der Waals surface area contributed by atoms with Gasteiger partial charge in [-0.3, -0.25) is 24.0 Å². The summed E-state index contributed by atoms with van der Waals surface area (Å²) in [5.41, 5.74) is 0.838.